The number of carbonyl (C=O) groups excluding carboxylic acids is 2. The molecule has 6 aromatic rings. The quantitative estimate of drug-likeness (QED) is 0.156. The number of hydrogen-bond acceptors (Lipinski definition) is 7. The van der Waals surface area contributed by atoms with Crippen molar-refractivity contribution in [1.82, 2.24) is 0 Å². The Labute approximate surface area is 291 Å². The van der Waals surface area contributed by atoms with E-state index in [1.165, 1.54) is 0 Å². The summed E-state index contributed by atoms with van der Waals surface area (Å²) in [4.78, 5) is 24.7. The molecule has 0 amide bonds. The predicted molar refractivity (Wildman–Crippen MR) is 196 cm³/mol. The van der Waals surface area contributed by atoms with Gasteiger partial charge in [0.05, 0.1) is 0 Å². The Bertz CT molecular complexity index is 2150. The first-order valence-corrected chi connectivity index (χ1v) is 16.8. The molecular formula is C43H40O7. The minimum absolute atomic E-state index is 0.173. The van der Waals surface area contributed by atoms with Crippen molar-refractivity contribution in [3.8, 4) is 23.0 Å². The van der Waals surface area contributed by atoms with E-state index in [1.54, 1.807) is 0 Å². The lowest BCUT2D eigenvalue weighted by Gasteiger charge is -2.31. The van der Waals surface area contributed by atoms with Gasteiger partial charge in [0.15, 0.2) is 13.2 Å². The van der Waals surface area contributed by atoms with Gasteiger partial charge in [0.1, 0.15) is 34.2 Å². The van der Waals surface area contributed by atoms with Gasteiger partial charge in [-0.05, 0) is 116 Å². The van der Waals surface area contributed by atoms with Gasteiger partial charge in [0.25, 0.3) is 0 Å². The van der Waals surface area contributed by atoms with Crippen LogP contribution in [0.25, 0.3) is 32.3 Å². The van der Waals surface area contributed by atoms with Crippen LogP contribution in [0.2, 0.25) is 0 Å². The van der Waals surface area contributed by atoms with E-state index in [0.717, 1.165) is 60.5 Å². The highest BCUT2D eigenvalue weighted by Gasteiger charge is 2.32. The number of carbonyl (C=O) groups is 2. The first-order valence-electron chi connectivity index (χ1n) is 16.8. The molecule has 0 atom stereocenters. The molecule has 7 heteroatoms. The van der Waals surface area contributed by atoms with E-state index in [9.17, 15) is 9.59 Å². The van der Waals surface area contributed by atoms with E-state index in [4.69, 9.17) is 23.7 Å². The van der Waals surface area contributed by atoms with E-state index in [1.807, 2.05) is 108 Å². The second-order valence-electron chi connectivity index (χ2n) is 14.6. The first-order chi connectivity index (χ1) is 23.8. The summed E-state index contributed by atoms with van der Waals surface area (Å²) in [5.74, 6) is 1.70. The minimum atomic E-state index is -0.587. The van der Waals surface area contributed by atoms with E-state index in [0.29, 0.717) is 11.5 Å². The number of ether oxygens (including phenoxy) is 5. The van der Waals surface area contributed by atoms with Gasteiger partial charge in [-0.1, -0.05) is 66.7 Å². The lowest BCUT2D eigenvalue weighted by molar-refractivity contribution is -0.158. The Balaban J connectivity index is 1.31. The molecule has 0 spiro atoms. The SMILES string of the molecule is CC(C)(C)OC(=O)COc1ccc2c3c(ccc2c1)Oc1ccc2cc(OCC(=O)OC(C)(C)C)ccc2c1C3c1ccc2ccccc2c1. The third-order valence-electron chi connectivity index (χ3n) is 8.44. The normalized spacial score (nSPS) is 13.0. The molecule has 0 unspecified atom stereocenters. The molecule has 0 aliphatic carbocycles. The molecule has 0 N–H and O–H groups in total. The second kappa shape index (κ2) is 12.7. The fraction of sp³-hybridized carbons (Fsp3) is 0.256. The topological polar surface area (TPSA) is 80.3 Å². The van der Waals surface area contributed by atoms with Gasteiger partial charge in [-0.15, -0.1) is 0 Å². The monoisotopic (exact) mass is 668 g/mol. The van der Waals surface area contributed by atoms with Gasteiger partial charge < -0.3 is 23.7 Å². The van der Waals surface area contributed by atoms with Crippen molar-refractivity contribution in [2.75, 3.05) is 13.2 Å². The number of esters is 2. The van der Waals surface area contributed by atoms with Crippen LogP contribution < -0.4 is 14.2 Å². The van der Waals surface area contributed by atoms with E-state index in [2.05, 4.69) is 36.4 Å². The summed E-state index contributed by atoms with van der Waals surface area (Å²) in [5.41, 5.74) is 2.04. The van der Waals surface area contributed by atoms with Crippen LogP contribution in [0.1, 0.15) is 64.2 Å². The predicted octanol–water partition coefficient (Wildman–Crippen LogP) is 9.87. The highest BCUT2D eigenvalue weighted by Crippen LogP contribution is 2.53. The lowest BCUT2D eigenvalue weighted by Crippen LogP contribution is -2.27. The molecule has 0 saturated heterocycles. The van der Waals surface area contributed by atoms with E-state index >= 15 is 0 Å². The average Bonchev–Trinajstić information content (AvgIpc) is 3.06. The van der Waals surface area contributed by atoms with Crippen LogP contribution in [0.5, 0.6) is 23.0 Å². The molecule has 1 heterocycles. The van der Waals surface area contributed by atoms with Gasteiger partial charge >= 0.3 is 11.9 Å². The van der Waals surface area contributed by atoms with Gasteiger partial charge in [-0.25, -0.2) is 9.59 Å². The van der Waals surface area contributed by atoms with Crippen molar-refractivity contribution in [2.24, 2.45) is 0 Å². The molecule has 0 radical (unpaired) electrons. The number of benzene rings is 6. The van der Waals surface area contributed by atoms with Gasteiger partial charge in [0, 0.05) is 17.0 Å². The van der Waals surface area contributed by atoms with Crippen LogP contribution in [-0.2, 0) is 19.1 Å². The maximum atomic E-state index is 12.3. The summed E-state index contributed by atoms with van der Waals surface area (Å²) in [6.07, 6.45) is 0. The van der Waals surface area contributed by atoms with Crippen LogP contribution in [0.3, 0.4) is 0 Å². The minimum Gasteiger partial charge on any atom is -0.482 e. The largest absolute Gasteiger partial charge is 0.482 e. The molecule has 0 fully saturated rings. The van der Waals surface area contributed by atoms with Crippen molar-refractivity contribution in [3.05, 3.63) is 120 Å². The molecule has 50 heavy (non-hydrogen) atoms. The molecule has 7 nitrogen and oxygen atoms in total. The zero-order valence-corrected chi connectivity index (χ0v) is 29.2. The van der Waals surface area contributed by atoms with Gasteiger partial charge in [-0.2, -0.15) is 0 Å². The molecule has 1 aliphatic heterocycles. The fourth-order valence-electron chi connectivity index (χ4n) is 6.59. The third kappa shape index (κ3) is 6.95. The molecule has 6 aromatic carbocycles. The maximum absolute atomic E-state index is 12.3. The van der Waals surface area contributed by atoms with Crippen molar-refractivity contribution < 1.29 is 33.3 Å². The van der Waals surface area contributed by atoms with Crippen molar-refractivity contribution in [2.45, 2.75) is 58.7 Å². The number of hydrogen-bond donors (Lipinski definition) is 0. The number of rotatable bonds is 7. The van der Waals surface area contributed by atoms with Crippen LogP contribution >= 0.6 is 0 Å². The lowest BCUT2D eigenvalue weighted by atomic mass is 9.78. The standard InChI is InChI=1S/C43H40O7/c1-42(2,3)49-37(44)24-46-31-15-17-33-28(22-31)13-19-35-40(33)39(30-12-11-26-9-7-8-10-27(26)21-30)41-34-18-16-32(23-29(34)14-20-36(41)48-35)47-25-38(45)50-43(4,5)6/h7-23,39H,24-25H2,1-6H3. The van der Waals surface area contributed by atoms with Gasteiger partial charge in [-0.3, -0.25) is 0 Å². The number of fused-ring (bicyclic) bond motifs is 7. The summed E-state index contributed by atoms with van der Waals surface area (Å²) in [5, 5.41) is 6.27. The van der Waals surface area contributed by atoms with Crippen molar-refractivity contribution >= 4 is 44.3 Å². The Kier molecular flexibility index (Phi) is 8.38. The zero-order valence-electron chi connectivity index (χ0n) is 29.2. The summed E-state index contributed by atoms with van der Waals surface area (Å²) < 4.78 is 29.2. The highest BCUT2D eigenvalue weighted by atomic mass is 16.6. The van der Waals surface area contributed by atoms with Crippen LogP contribution in [0.15, 0.2) is 103 Å². The second-order valence-corrected chi connectivity index (χ2v) is 14.6. The molecular weight excluding hydrogens is 628 g/mol. The molecule has 0 aromatic heterocycles. The van der Waals surface area contributed by atoms with Crippen molar-refractivity contribution in [3.63, 3.8) is 0 Å². The Morgan fingerprint density at radius 1 is 0.560 bits per heavy atom. The summed E-state index contributed by atoms with van der Waals surface area (Å²) in [6, 6.07) is 34.8. The first kappa shape index (κ1) is 33.0. The zero-order chi connectivity index (χ0) is 35.2. The van der Waals surface area contributed by atoms with E-state index < -0.39 is 23.1 Å². The average molecular weight is 669 g/mol. The Morgan fingerprint density at radius 2 is 1.04 bits per heavy atom. The molecule has 0 bridgehead atoms. The summed E-state index contributed by atoms with van der Waals surface area (Å²) in [6.45, 7) is 10.6. The summed E-state index contributed by atoms with van der Waals surface area (Å²) in [7, 11) is 0. The summed E-state index contributed by atoms with van der Waals surface area (Å²) >= 11 is 0. The molecule has 1 aliphatic rings. The molecule has 7 rings (SSSR count). The molecule has 254 valence electrons. The Morgan fingerprint density at radius 3 is 1.54 bits per heavy atom. The molecule has 0 saturated carbocycles. The van der Waals surface area contributed by atoms with Crippen molar-refractivity contribution in [1.29, 1.82) is 0 Å². The van der Waals surface area contributed by atoms with Crippen LogP contribution in [0.4, 0.5) is 0 Å². The Hall–Kier alpha value is -5.56. The van der Waals surface area contributed by atoms with Gasteiger partial charge in [0.2, 0.25) is 0 Å². The maximum Gasteiger partial charge on any atom is 0.344 e. The smallest absolute Gasteiger partial charge is 0.344 e. The van der Waals surface area contributed by atoms with Crippen LogP contribution in [-0.4, -0.2) is 36.4 Å². The van der Waals surface area contributed by atoms with E-state index in [-0.39, 0.29) is 19.1 Å². The highest BCUT2D eigenvalue weighted by molar-refractivity contribution is 5.96. The fourth-order valence-corrected chi connectivity index (χ4v) is 6.59. The third-order valence-corrected chi connectivity index (χ3v) is 8.44. The van der Waals surface area contributed by atoms with Crippen LogP contribution in [0, 0.1) is 0 Å².